The van der Waals surface area contributed by atoms with Crippen molar-refractivity contribution >= 4 is 35.2 Å². The first-order chi connectivity index (χ1) is 9.85. The number of carbonyl (C=O) groups excluding carboxylic acids is 1. The van der Waals surface area contributed by atoms with E-state index in [1.807, 2.05) is 0 Å². The number of carbonyl (C=O) groups is 1. The molecule has 0 radical (unpaired) electrons. The highest BCUT2D eigenvalue weighted by Crippen LogP contribution is 2.38. The van der Waals surface area contributed by atoms with Gasteiger partial charge in [0.1, 0.15) is 0 Å². The standard InChI is InChI=1S/C12H9Cl2N3O4/c1-6-7(5-18)12(16(2)15-6)21-11-4-9(14)8(13)3-10(11)17(19)20/h3-5H,1-2H3. The number of hydrogen-bond acceptors (Lipinski definition) is 5. The quantitative estimate of drug-likeness (QED) is 0.486. The molecule has 0 aliphatic carbocycles. The molecule has 0 aliphatic heterocycles. The zero-order valence-electron chi connectivity index (χ0n) is 11.0. The third-order valence-corrected chi connectivity index (χ3v) is 3.46. The van der Waals surface area contributed by atoms with Crippen LogP contribution in [-0.2, 0) is 7.05 Å². The van der Waals surface area contributed by atoms with E-state index in [2.05, 4.69) is 5.10 Å². The number of nitro benzene ring substituents is 1. The molecule has 0 aliphatic rings. The number of aldehydes is 1. The number of ether oxygens (including phenoxy) is 1. The first kappa shape index (κ1) is 15.3. The zero-order chi connectivity index (χ0) is 15.7. The molecule has 0 fully saturated rings. The molecule has 1 heterocycles. The number of halogens is 2. The molecule has 2 rings (SSSR count). The molecule has 0 amide bonds. The van der Waals surface area contributed by atoms with Crippen molar-refractivity contribution in [3.8, 4) is 11.6 Å². The van der Waals surface area contributed by atoms with Crippen molar-refractivity contribution in [2.45, 2.75) is 6.92 Å². The number of benzene rings is 1. The summed E-state index contributed by atoms with van der Waals surface area (Å²) in [6.07, 6.45) is 0.570. The smallest absolute Gasteiger partial charge is 0.313 e. The van der Waals surface area contributed by atoms with E-state index in [9.17, 15) is 14.9 Å². The number of nitrogens with zero attached hydrogens (tertiary/aromatic N) is 3. The maximum Gasteiger partial charge on any atom is 0.313 e. The van der Waals surface area contributed by atoms with E-state index in [0.717, 1.165) is 6.07 Å². The maximum atomic E-state index is 11.1. The minimum Gasteiger partial charge on any atom is -0.431 e. The van der Waals surface area contributed by atoms with E-state index in [-0.39, 0.29) is 32.9 Å². The van der Waals surface area contributed by atoms with Crippen LogP contribution in [0.4, 0.5) is 5.69 Å². The van der Waals surface area contributed by atoms with Gasteiger partial charge in [0.15, 0.2) is 6.29 Å². The average Bonchev–Trinajstić information content (AvgIpc) is 2.67. The Morgan fingerprint density at radius 1 is 1.38 bits per heavy atom. The van der Waals surface area contributed by atoms with Gasteiger partial charge in [0.25, 0.3) is 0 Å². The molecular formula is C12H9Cl2N3O4. The van der Waals surface area contributed by atoms with Gasteiger partial charge < -0.3 is 4.74 Å². The first-order valence-electron chi connectivity index (χ1n) is 5.65. The van der Waals surface area contributed by atoms with Gasteiger partial charge in [-0.05, 0) is 6.92 Å². The summed E-state index contributed by atoms with van der Waals surface area (Å²) in [4.78, 5) is 21.5. The van der Waals surface area contributed by atoms with Crippen molar-refractivity contribution in [1.29, 1.82) is 0 Å². The van der Waals surface area contributed by atoms with E-state index in [0.29, 0.717) is 12.0 Å². The van der Waals surface area contributed by atoms with Crippen LogP contribution in [0, 0.1) is 17.0 Å². The average molecular weight is 330 g/mol. The van der Waals surface area contributed by atoms with Gasteiger partial charge in [-0.15, -0.1) is 0 Å². The van der Waals surface area contributed by atoms with Crippen LogP contribution < -0.4 is 4.74 Å². The van der Waals surface area contributed by atoms with Crippen molar-refractivity contribution < 1.29 is 14.5 Å². The molecule has 7 nitrogen and oxygen atoms in total. The Bertz CT molecular complexity index is 743. The summed E-state index contributed by atoms with van der Waals surface area (Å²) in [7, 11) is 1.55. The summed E-state index contributed by atoms with van der Waals surface area (Å²) in [6.45, 7) is 1.62. The second-order valence-corrected chi connectivity index (χ2v) is 4.95. The summed E-state index contributed by atoms with van der Waals surface area (Å²) < 4.78 is 6.78. The zero-order valence-corrected chi connectivity index (χ0v) is 12.5. The van der Waals surface area contributed by atoms with E-state index >= 15 is 0 Å². The van der Waals surface area contributed by atoms with Crippen molar-refractivity contribution in [3.05, 3.63) is 43.5 Å². The lowest BCUT2D eigenvalue weighted by Crippen LogP contribution is -1.99. The molecule has 0 unspecified atom stereocenters. The Hall–Kier alpha value is -2.12. The van der Waals surface area contributed by atoms with Crippen LogP contribution in [0.15, 0.2) is 12.1 Å². The minimum atomic E-state index is -0.651. The van der Waals surface area contributed by atoms with Crippen LogP contribution in [0.3, 0.4) is 0 Å². The number of nitro groups is 1. The summed E-state index contributed by atoms with van der Waals surface area (Å²) in [5, 5.41) is 15.2. The molecule has 0 spiro atoms. The third kappa shape index (κ3) is 2.84. The molecule has 1 aromatic heterocycles. The van der Waals surface area contributed by atoms with Gasteiger partial charge in [-0.2, -0.15) is 5.10 Å². The van der Waals surface area contributed by atoms with E-state index in [4.69, 9.17) is 27.9 Å². The second kappa shape index (κ2) is 5.71. The number of aryl methyl sites for hydroxylation is 2. The van der Waals surface area contributed by atoms with E-state index < -0.39 is 4.92 Å². The third-order valence-electron chi connectivity index (χ3n) is 2.74. The Labute approximate surface area is 129 Å². The van der Waals surface area contributed by atoms with Gasteiger partial charge in [0.2, 0.25) is 11.6 Å². The minimum absolute atomic E-state index is 0.0347. The Morgan fingerprint density at radius 2 is 2.00 bits per heavy atom. The lowest BCUT2D eigenvalue weighted by Gasteiger charge is -2.08. The molecule has 0 saturated carbocycles. The van der Waals surface area contributed by atoms with Crippen LogP contribution in [0.25, 0.3) is 0 Å². The van der Waals surface area contributed by atoms with Crippen molar-refractivity contribution in [3.63, 3.8) is 0 Å². The Morgan fingerprint density at radius 3 is 2.57 bits per heavy atom. The molecule has 0 bridgehead atoms. The van der Waals surface area contributed by atoms with Crippen molar-refractivity contribution in [2.24, 2.45) is 7.05 Å². The fourth-order valence-corrected chi connectivity index (χ4v) is 2.07. The van der Waals surface area contributed by atoms with Gasteiger partial charge in [-0.3, -0.25) is 14.9 Å². The molecule has 110 valence electrons. The molecule has 21 heavy (non-hydrogen) atoms. The molecule has 0 atom stereocenters. The highest BCUT2D eigenvalue weighted by atomic mass is 35.5. The number of aromatic nitrogens is 2. The predicted octanol–water partition coefficient (Wildman–Crippen LogP) is 3.55. The molecule has 1 aromatic carbocycles. The summed E-state index contributed by atoms with van der Waals surface area (Å²) in [6, 6.07) is 2.31. The highest BCUT2D eigenvalue weighted by Gasteiger charge is 2.22. The monoisotopic (exact) mass is 329 g/mol. The fourth-order valence-electron chi connectivity index (χ4n) is 1.76. The van der Waals surface area contributed by atoms with E-state index in [1.165, 1.54) is 10.7 Å². The van der Waals surface area contributed by atoms with Crippen LogP contribution in [0.2, 0.25) is 10.0 Å². The molecular weight excluding hydrogens is 321 g/mol. The Kier molecular flexibility index (Phi) is 4.15. The van der Waals surface area contributed by atoms with Crippen LogP contribution in [0.1, 0.15) is 16.1 Å². The van der Waals surface area contributed by atoms with Gasteiger partial charge >= 0.3 is 5.69 Å². The van der Waals surface area contributed by atoms with Gasteiger partial charge in [0.05, 0.1) is 26.2 Å². The first-order valence-corrected chi connectivity index (χ1v) is 6.40. The van der Waals surface area contributed by atoms with Crippen molar-refractivity contribution in [2.75, 3.05) is 0 Å². The fraction of sp³-hybridized carbons (Fsp3) is 0.167. The van der Waals surface area contributed by atoms with Gasteiger partial charge in [-0.25, -0.2) is 4.68 Å². The van der Waals surface area contributed by atoms with Gasteiger partial charge in [-0.1, -0.05) is 23.2 Å². The lowest BCUT2D eigenvalue weighted by atomic mass is 10.2. The number of rotatable bonds is 4. The topological polar surface area (TPSA) is 87.3 Å². The summed E-state index contributed by atoms with van der Waals surface area (Å²) in [5.74, 6) is -0.0375. The highest BCUT2D eigenvalue weighted by molar-refractivity contribution is 6.42. The van der Waals surface area contributed by atoms with Crippen molar-refractivity contribution in [1.82, 2.24) is 9.78 Å². The van der Waals surface area contributed by atoms with Crippen LogP contribution >= 0.6 is 23.2 Å². The molecule has 2 aromatic rings. The van der Waals surface area contributed by atoms with E-state index in [1.54, 1.807) is 14.0 Å². The lowest BCUT2D eigenvalue weighted by molar-refractivity contribution is -0.385. The molecule has 0 N–H and O–H groups in total. The maximum absolute atomic E-state index is 11.1. The van der Waals surface area contributed by atoms with Gasteiger partial charge in [0, 0.05) is 19.2 Å². The number of hydrogen-bond donors (Lipinski definition) is 0. The SMILES string of the molecule is Cc1nn(C)c(Oc2cc(Cl)c(Cl)cc2[N+](=O)[O-])c1C=O. The largest absolute Gasteiger partial charge is 0.431 e. The Balaban J connectivity index is 2.56. The molecule has 9 heteroatoms. The summed E-state index contributed by atoms with van der Waals surface area (Å²) >= 11 is 11.6. The van der Waals surface area contributed by atoms with Crippen LogP contribution in [-0.4, -0.2) is 21.0 Å². The van der Waals surface area contributed by atoms with Crippen LogP contribution in [0.5, 0.6) is 11.6 Å². The molecule has 0 saturated heterocycles. The summed E-state index contributed by atoms with van der Waals surface area (Å²) in [5.41, 5.74) is 0.295. The normalized spacial score (nSPS) is 10.5. The predicted molar refractivity (Wildman–Crippen MR) is 76.5 cm³/mol. The second-order valence-electron chi connectivity index (χ2n) is 4.14.